The minimum atomic E-state index is -0.308. The highest BCUT2D eigenvalue weighted by molar-refractivity contribution is 7.80. The maximum atomic E-state index is 13.9. The molecule has 0 aliphatic rings. The van der Waals surface area contributed by atoms with Crippen molar-refractivity contribution in [3.05, 3.63) is 35.6 Å². The molecule has 0 saturated heterocycles. The Labute approximate surface area is 114 Å². The number of rotatable bonds is 7. The molecule has 2 nitrogen and oxygen atoms in total. The Morgan fingerprint density at radius 3 is 2.56 bits per heavy atom. The summed E-state index contributed by atoms with van der Waals surface area (Å²) >= 11 is 5.12. The lowest BCUT2D eigenvalue weighted by molar-refractivity contribution is 0.249. The van der Waals surface area contributed by atoms with Crippen molar-refractivity contribution in [1.82, 2.24) is 4.90 Å². The first-order chi connectivity index (χ1) is 8.61. The number of halogens is 1. The maximum absolute atomic E-state index is 13.9. The van der Waals surface area contributed by atoms with E-state index in [1.54, 1.807) is 12.1 Å². The second kappa shape index (κ2) is 7.44. The molecule has 4 heteroatoms. The van der Waals surface area contributed by atoms with Gasteiger partial charge in [0.1, 0.15) is 5.82 Å². The molecular weight excluding hydrogens is 247 g/mol. The van der Waals surface area contributed by atoms with Crippen molar-refractivity contribution in [3.8, 4) is 0 Å². The highest BCUT2D eigenvalue weighted by Crippen LogP contribution is 2.24. The number of benzene rings is 1. The Morgan fingerprint density at radius 2 is 2.06 bits per heavy atom. The normalized spacial score (nSPS) is 12.7. The van der Waals surface area contributed by atoms with Crippen molar-refractivity contribution in [2.45, 2.75) is 32.7 Å². The van der Waals surface area contributed by atoms with Crippen LogP contribution in [0, 0.1) is 5.82 Å². The summed E-state index contributed by atoms with van der Waals surface area (Å²) in [6.45, 7) is 5.86. The van der Waals surface area contributed by atoms with Crippen molar-refractivity contribution in [2.75, 3.05) is 13.1 Å². The van der Waals surface area contributed by atoms with Crippen LogP contribution in [0.5, 0.6) is 0 Å². The zero-order chi connectivity index (χ0) is 13.5. The van der Waals surface area contributed by atoms with E-state index in [9.17, 15) is 4.39 Å². The molecular formula is C14H21FN2S. The van der Waals surface area contributed by atoms with Crippen molar-refractivity contribution < 1.29 is 4.39 Å². The highest BCUT2D eigenvalue weighted by Gasteiger charge is 2.23. The van der Waals surface area contributed by atoms with Gasteiger partial charge in [-0.05, 0) is 25.6 Å². The molecule has 1 rings (SSSR count). The van der Waals surface area contributed by atoms with Gasteiger partial charge in [0.05, 0.1) is 11.0 Å². The number of hydrogen-bond acceptors (Lipinski definition) is 2. The summed E-state index contributed by atoms with van der Waals surface area (Å²) in [6.07, 6.45) is 2.15. The molecule has 0 aliphatic carbocycles. The van der Waals surface area contributed by atoms with Crippen LogP contribution in [0.25, 0.3) is 0 Å². The van der Waals surface area contributed by atoms with Gasteiger partial charge in [0.25, 0.3) is 0 Å². The van der Waals surface area contributed by atoms with E-state index < -0.39 is 0 Å². The van der Waals surface area contributed by atoms with Crippen molar-refractivity contribution in [1.29, 1.82) is 0 Å². The average Bonchev–Trinajstić information content (AvgIpc) is 2.35. The minimum Gasteiger partial charge on any atom is -0.392 e. The number of thiocarbonyl (C=S) groups is 1. The third-order valence-electron chi connectivity index (χ3n) is 3.04. The first kappa shape index (κ1) is 15.1. The first-order valence-corrected chi connectivity index (χ1v) is 6.80. The van der Waals surface area contributed by atoms with Crippen LogP contribution in [-0.2, 0) is 0 Å². The first-order valence-electron chi connectivity index (χ1n) is 6.39. The van der Waals surface area contributed by atoms with E-state index in [1.165, 1.54) is 6.07 Å². The van der Waals surface area contributed by atoms with Crippen LogP contribution in [0.15, 0.2) is 24.3 Å². The van der Waals surface area contributed by atoms with E-state index in [2.05, 4.69) is 11.8 Å². The molecule has 0 heterocycles. The van der Waals surface area contributed by atoms with Crippen LogP contribution in [0.1, 0.15) is 38.3 Å². The second-order valence-corrected chi connectivity index (χ2v) is 4.78. The van der Waals surface area contributed by atoms with E-state index in [1.807, 2.05) is 13.0 Å². The van der Waals surface area contributed by atoms with Crippen molar-refractivity contribution in [2.24, 2.45) is 5.73 Å². The molecule has 0 radical (unpaired) electrons. The van der Waals surface area contributed by atoms with Gasteiger partial charge < -0.3 is 5.73 Å². The Balaban J connectivity index is 3.01. The van der Waals surface area contributed by atoms with Crippen LogP contribution >= 0.6 is 12.2 Å². The molecule has 0 fully saturated rings. The van der Waals surface area contributed by atoms with Gasteiger partial charge >= 0.3 is 0 Å². The summed E-state index contributed by atoms with van der Waals surface area (Å²) in [5.41, 5.74) is 6.38. The monoisotopic (exact) mass is 268 g/mol. The summed E-state index contributed by atoms with van der Waals surface area (Å²) in [5.74, 6) is -0.245. The number of nitrogens with zero attached hydrogens (tertiary/aromatic N) is 1. The van der Waals surface area contributed by atoms with E-state index in [4.69, 9.17) is 18.0 Å². The van der Waals surface area contributed by atoms with Gasteiger partial charge in [-0.3, -0.25) is 4.90 Å². The molecule has 1 aromatic rings. The quantitative estimate of drug-likeness (QED) is 0.770. The van der Waals surface area contributed by atoms with Crippen LogP contribution < -0.4 is 5.73 Å². The number of hydrogen-bond donors (Lipinski definition) is 1. The van der Waals surface area contributed by atoms with Gasteiger partial charge in [-0.2, -0.15) is 0 Å². The molecule has 0 spiro atoms. The Bertz CT molecular complexity index is 395. The summed E-state index contributed by atoms with van der Waals surface area (Å²) in [7, 11) is 0. The van der Waals surface area contributed by atoms with Crippen LogP contribution in [0.2, 0.25) is 0 Å². The lowest BCUT2D eigenvalue weighted by Gasteiger charge is -2.30. The smallest absolute Gasteiger partial charge is 0.128 e. The Hall–Kier alpha value is -1.00. The topological polar surface area (TPSA) is 29.3 Å². The number of likely N-dealkylation sites (N-methyl/N-ethyl adjacent to an activating group) is 1. The van der Waals surface area contributed by atoms with E-state index >= 15 is 0 Å². The lowest BCUT2D eigenvalue weighted by atomic mass is 10.0. The largest absolute Gasteiger partial charge is 0.392 e. The van der Waals surface area contributed by atoms with Crippen LogP contribution in [-0.4, -0.2) is 23.0 Å². The second-order valence-electron chi connectivity index (χ2n) is 4.31. The average molecular weight is 268 g/mol. The maximum Gasteiger partial charge on any atom is 0.128 e. The van der Waals surface area contributed by atoms with E-state index in [0.717, 1.165) is 25.9 Å². The molecule has 0 amide bonds. The zero-order valence-electron chi connectivity index (χ0n) is 11.0. The third-order valence-corrected chi connectivity index (χ3v) is 3.26. The predicted molar refractivity (Wildman–Crippen MR) is 78.1 cm³/mol. The molecule has 0 aromatic heterocycles. The van der Waals surface area contributed by atoms with Crippen LogP contribution in [0.4, 0.5) is 4.39 Å². The van der Waals surface area contributed by atoms with Gasteiger partial charge in [0.15, 0.2) is 0 Å². The van der Waals surface area contributed by atoms with Gasteiger partial charge in [0.2, 0.25) is 0 Å². The lowest BCUT2D eigenvalue weighted by Crippen LogP contribution is -2.38. The fourth-order valence-corrected chi connectivity index (χ4v) is 2.33. The minimum absolute atomic E-state index is 0.245. The summed E-state index contributed by atoms with van der Waals surface area (Å²) < 4.78 is 13.9. The molecule has 100 valence electrons. The molecule has 1 atom stereocenters. The summed E-state index contributed by atoms with van der Waals surface area (Å²) in [4.78, 5) is 2.46. The van der Waals surface area contributed by atoms with Crippen molar-refractivity contribution in [3.63, 3.8) is 0 Å². The standard InChI is InChI=1S/C14H21FN2S/c1-3-5-10-17(4-2)13(14(16)18)11-8-6-7-9-12(11)15/h6-9,13H,3-5,10H2,1-2H3,(H2,16,18). The summed E-state index contributed by atoms with van der Waals surface area (Å²) in [6, 6.07) is 6.40. The molecule has 0 aliphatic heterocycles. The fraction of sp³-hybridized carbons (Fsp3) is 0.500. The summed E-state index contributed by atoms with van der Waals surface area (Å²) in [5, 5.41) is 0. The molecule has 2 N–H and O–H groups in total. The zero-order valence-corrected chi connectivity index (χ0v) is 11.8. The number of unbranched alkanes of at least 4 members (excludes halogenated alkanes) is 1. The van der Waals surface area contributed by atoms with E-state index in [-0.39, 0.29) is 11.9 Å². The predicted octanol–water partition coefficient (Wildman–Crippen LogP) is 3.27. The molecule has 18 heavy (non-hydrogen) atoms. The Morgan fingerprint density at radius 1 is 1.39 bits per heavy atom. The van der Waals surface area contributed by atoms with E-state index in [0.29, 0.717) is 10.6 Å². The molecule has 1 unspecified atom stereocenters. The fourth-order valence-electron chi connectivity index (χ4n) is 2.06. The third kappa shape index (κ3) is 3.75. The van der Waals surface area contributed by atoms with Crippen LogP contribution in [0.3, 0.4) is 0 Å². The Kier molecular flexibility index (Phi) is 6.22. The SMILES string of the molecule is CCCCN(CC)C(C(N)=S)c1ccccc1F. The van der Waals surface area contributed by atoms with Gasteiger partial charge in [-0.1, -0.05) is 50.7 Å². The van der Waals surface area contributed by atoms with Gasteiger partial charge in [0, 0.05) is 5.56 Å². The highest BCUT2D eigenvalue weighted by atomic mass is 32.1. The molecule has 0 bridgehead atoms. The van der Waals surface area contributed by atoms with Gasteiger partial charge in [-0.15, -0.1) is 0 Å². The number of nitrogens with two attached hydrogens (primary N) is 1. The molecule has 1 aromatic carbocycles. The molecule has 0 saturated carbocycles. The van der Waals surface area contributed by atoms with Crippen molar-refractivity contribution >= 4 is 17.2 Å². The van der Waals surface area contributed by atoms with Gasteiger partial charge in [-0.25, -0.2) is 4.39 Å².